The highest BCUT2D eigenvalue weighted by atomic mass is 16.7. The van der Waals surface area contributed by atoms with Crippen molar-refractivity contribution in [3.8, 4) is 0 Å². The molecular formula is C21H40O11. The van der Waals surface area contributed by atoms with Gasteiger partial charge in [-0.05, 0) is 6.42 Å². The number of rotatable bonds is 13. The van der Waals surface area contributed by atoms with Crippen molar-refractivity contribution in [2.24, 2.45) is 0 Å². The number of unbranched alkanes of at least 4 members (excludes halogenated alkanes) is 5. The summed E-state index contributed by atoms with van der Waals surface area (Å²) in [7, 11) is 1.35. The van der Waals surface area contributed by atoms with Crippen LogP contribution in [0.2, 0.25) is 0 Å². The summed E-state index contributed by atoms with van der Waals surface area (Å²) in [4.78, 5) is 0. The predicted molar refractivity (Wildman–Crippen MR) is 111 cm³/mol. The van der Waals surface area contributed by atoms with Gasteiger partial charge in [0.15, 0.2) is 12.6 Å². The minimum absolute atomic E-state index is 0.284. The van der Waals surface area contributed by atoms with Crippen molar-refractivity contribution in [3.05, 3.63) is 0 Å². The molecule has 190 valence electrons. The van der Waals surface area contributed by atoms with Gasteiger partial charge in [-0.2, -0.15) is 0 Å². The molecule has 0 radical (unpaired) electrons. The summed E-state index contributed by atoms with van der Waals surface area (Å²) < 4.78 is 27.4. The number of aliphatic hydroxyl groups is 6. The van der Waals surface area contributed by atoms with Crippen LogP contribution in [0.15, 0.2) is 0 Å². The Bertz CT molecular complexity index is 508. The second kappa shape index (κ2) is 14.1. The van der Waals surface area contributed by atoms with Gasteiger partial charge in [0.2, 0.25) is 0 Å². The maximum absolute atomic E-state index is 10.5. The second-order valence-electron chi connectivity index (χ2n) is 8.39. The molecular weight excluding hydrogens is 428 g/mol. The van der Waals surface area contributed by atoms with Crippen LogP contribution in [0, 0.1) is 0 Å². The molecule has 11 heteroatoms. The van der Waals surface area contributed by atoms with E-state index >= 15 is 0 Å². The Kier molecular flexibility index (Phi) is 12.2. The number of hydrogen-bond donors (Lipinski definition) is 6. The number of aliphatic hydroxyl groups excluding tert-OH is 6. The van der Waals surface area contributed by atoms with Gasteiger partial charge in [0.05, 0.1) is 13.2 Å². The third kappa shape index (κ3) is 7.28. The second-order valence-corrected chi connectivity index (χ2v) is 8.39. The molecule has 6 N–H and O–H groups in total. The standard InChI is InChI=1S/C21H40O11/c1-3-4-5-6-7-8-9-29-21-18(27)19(28-2)15(24)13(32-21)11-30-20-17(26)16(25)14(23)12(10-22)31-20/h12-27H,3-11H2,1-2H3/t12-,13-,14-,15-,16+,17+,18+,19+,20+,21+/m1/s1. The minimum atomic E-state index is -1.58. The topological polar surface area (TPSA) is 168 Å². The van der Waals surface area contributed by atoms with Gasteiger partial charge in [-0.3, -0.25) is 0 Å². The van der Waals surface area contributed by atoms with Crippen LogP contribution in [0.5, 0.6) is 0 Å². The third-order valence-corrected chi connectivity index (χ3v) is 5.97. The van der Waals surface area contributed by atoms with Gasteiger partial charge in [-0.1, -0.05) is 39.0 Å². The molecule has 0 aromatic heterocycles. The summed E-state index contributed by atoms with van der Waals surface area (Å²) in [6.07, 6.45) is -6.13. The Morgan fingerprint density at radius 1 is 0.688 bits per heavy atom. The molecule has 0 aromatic rings. The summed E-state index contributed by atoms with van der Waals surface area (Å²) in [5.41, 5.74) is 0. The largest absolute Gasteiger partial charge is 0.394 e. The molecule has 2 saturated heterocycles. The van der Waals surface area contributed by atoms with E-state index in [4.69, 9.17) is 23.7 Å². The molecule has 10 atom stereocenters. The lowest BCUT2D eigenvalue weighted by atomic mass is 9.98. The minimum Gasteiger partial charge on any atom is -0.394 e. The van der Waals surface area contributed by atoms with Crippen LogP contribution in [0.25, 0.3) is 0 Å². The van der Waals surface area contributed by atoms with Crippen LogP contribution in [-0.4, -0.2) is 119 Å². The summed E-state index contributed by atoms with van der Waals surface area (Å²) in [6, 6.07) is 0. The Morgan fingerprint density at radius 3 is 1.97 bits per heavy atom. The fraction of sp³-hybridized carbons (Fsp3) is 1.00. The van der Waals surface area contributed by atoms with Crippen molar-refractivity contribution in [3.63, 3.8) is 0 Å². The molecule has 2 rings (SSSR count). The summed E-state index contributed by atoms with van der Waals surface area (Å²) in [5, 5.41) is 60.1. The zero-order valence-corrected chi connectivity index (χ0v) is 18.9. The van der Waals surface area contributed by atoms with Gasteiger partial charge >= 0.3 is 0 Å². The lowest BCUT2D eigenvalue weighted by Gasteiger charge is -2.43. The molecule has 0 saturated carbocycles. The van der Waals surface area contributed by atoms with Gasteiger partial charge < -0.3 is 54.3 Å². The predicted octanol–water partition coefficient (Wildman–Crippen LogP) is -1.36. The molecule has 0 bridgehead atoms. The number of hydrogen-bond acceptors (Lipinski definition) is 11. The fourth-order valence-corrected chi connectivity index (χ4v) is 3.93. The Hall–Kier alpha value is -0.440. The number of ether oxygens (including phenoxy) is 5. The molecule has 2 aliphatic heterocycles. The maximum atomic E-state index is 10.5. The van der Waals surface area contributed by atoms with Crippen molar-refractivity contribution < 1.29 is 54.3 Å². The Labute approximate surface area is 188 Å². The first-order valence-electron chi connectivity index (χ1n) is 11.4. The highest BCUT2D eigenvalue weighted by Crippen LogP contribution is 2.27. The molecule has 2 fully saturated rings. The van der Waals surface area contributed by atoms with Crippen LogP contribution >= 0.6 is 0 Å². The summed E-state index contributed by atoms with van der Waals surface area (Å²) in [6.45, 7) is 1.66. The fourth-order valence-electron chi connectivity index (χ4n) is 3.93. The summed E-state index contributed by atoms with van der Waals surface area (Å²) >= 11 is 0. The molecule has 2 aliphatic rings. The Balaban J connectivity index is 1.88. The highest BCUT2D eigenvalue weighted by molar-refractivity contribution is 4.92. The van der Waals surface area contributed by atoms with Crippen LogP contribution in [0.3, 0.4) is 0 Å². The zero-order valence-electron chi connectivity index (χ0n) is 18.9. The molecule has 0 spiro atoms. The van der Waals surface area contributed by atoms with Crippen LogP contribution in [0.4, 0.5) is 0 Å². The van der Waals surface area contributed by atoms with E-state index in [-0.39, 0.29) is 6.61 Å². The zero-order chi connectivity index (χ0) is 23.7. The maximum Gasteiger partial charge on any atom is 0.186 e. The van der Waals surface area contributed by atoms with Crippen LogP contribution < -0.4 is 0 Å². The van der Waals surface area contributed by atoms with E-state index in [1.807, 2.05) is 0 Å². The van der Waals surface area contributed by atoms with Crippen LogP contribution in [-0.2, 0) is 23.7 Å². The molecule has 0 aliphatic carbocycles. The third-order valence-electron chi connectivity index (χ3n) is 5.97. The van der Waals surface area contributed by atoms with E-state index in [0.29, 0.717) is 6.61 Å². The summed E-state index contributed by atoms with van der Waals surface area (Å²) in [5.74, 6) is 0. The van der Waals surface area contributed by atoms with Gasteiger partial charge in [0.1, 0.15) is 48.8 Å². The van der Waals surface area contributed by atoms with Crippen molar-refractivity contribution >= 4 is 0 Å². The van der Waals surface area contributed by atoms with Gasteiger partial charge in [0.25, 0.3) is 0 Å². The van der Waals surface area contributed by atoms with Crippen molar-refractivity contribution in [2.45, 2.75) is 107 Å². The number of methoxy groups -OCH3 is 1. The van der Waals surface area contributed by atoms with E-state index in [0.717, 1.165) is 19.3 Å². The lowest BCUT2D eigenvalue weighted by molar-refractivity contribution is -0.332. The Morgan fingerprint density at radius 2 is 1.31 bits per heavy atom. The molecule has 0 aromatic carbocycles. The van der Waals surface area contributed by atoms with Gasteiger partial charge in [-0.25, -0.2) is 0 Å². The lowest BCUT2D eigenvalue weighted by Crippen LogP contribution is -2.62. The molecule has 32 heavy (non-hydrogen) atoms. The molecule has 0 amide bonds. The van der Waals surface area contributed by atoms with Gasteiger partial charge in [-0.15, -0.1) is 0 Å². The van der Waals surface area contributed by atoms with E-state index in [1.54, 1.807) is 0 Å². The quantitative estimate of drug-likeness (QED) is 0.177. The van der Waals surface area contributed by atoms with E-state index < -0.39 is 68.0 Å². The first-order chi connectivity index (χ1) is 15.3. The van der Waals surface area contributed by atoms with E-state index in [9.17, 15) is 30.6 Å². The molecule has 11 nitrogen and oxygen atoms in total. The van der Waals surface area contributed by atoms with Crippen LogP contribution in [0.1, 0.15) is 45.4 Å². The van der Waals surface area contributed by atoms with Crippen molar-refractivity contribution in [1.82, 2.24) is 0 Å². The van der Waals surface area contributed by atoms with E-state index in [2.05, 4.69) is 6.92 Å². The SMILES string of the molecule is CCCCCCCCO[C@H]1O[C@H](CO[C@H]2O[C@H](CO)[C@@H](O)[C@H](O)[C@@H]2O)[C@@H](O)[C@H](OC)[C@@H]1O. The highest BCUT2D eigenvalue weighted by Gasteiger charge is 2.48. The molecule has 2 heterocycles. The monoisotopic (exact) mass is 468 g/mol. The first-order valence-corrected chi connectivity index (χ1v) is 11.4. The van der Waals surface area contributed by atoms with E-state index in [1.165, 1.54) is 26.4 Å². The average Bonchev–Trinajstić information content (AvgIpc) is 2.79. The average molecular weight is 469 g/mol. The van der Waals surface area contributed by atoms with Crippen molar-refractivity contribution in [2.75, 3.05) is 26.9 Å². The first kappa shape index (κ1) is 27.8. The molecule has 0 unspecified atom stereocenters. The normalized spacial score (nSPS) is 40.5. The van der Waals surface area contributed by atoms with Gasteiger partial charge in [0, 0.05) is 13.7 Å². The van der Waals surface area contributed by atoms with Crippen molar-refractivity contribution in [1.29, 1.82) is 0 Å². The smallest absolute Gasteiger partial charge is 0.186 e.